The van der Waals surface area contributed by atoms with Crippen molar-refractivity contribution in [1.29, 1.82) is 0 Å². The van der Waals surface area contributed by atoms with Gasteiger partial charge in [0.05, 0.1) is 0 Å². The minimum atomic E-state index is 0.218. The van der Waals surface area contributed by atoms with Crippen molar-refractivity contribution in [2.75, 3.05) is 36.0 Å². The molecule has 0 bridgehead atoms. The van der Waals surface area contributed by atoms with Gasteiger partial charge in [0.15, 0.2) is 5.78 Å². The van der Waals surface area contributed by atoms with Gasteiger partial charge < -0.3 is 9.80 Å². The number of nitrogens with zero attached hydrogens (tertiary/aromatic N) is 2. The van der Waals surface area contributed by atoms with Crippen LogP contribution in [0.4, 0.5) is 11.4 Å². The van der Waals surface area contributed by atoms with E-state index in [1.54, 1.807) is 0 Å². The highest BCUT2D eigenvalue weighted by Gasteiger charge is 2.22. The Kier molecular flexibility index (Phi) is 54.0. The molecule has 0 amide bonds. The van der Waals surface area contributed by atoms with Crippen molar-refractivity contribution >= 4 is 17.2 Å². The molecule has 80 heavy (non-hydrogen) atoms. The van der Waals surface area contributed by atoms with Crippen LogP contribution < -0.4 is 9.80 Å². The lowest BCUT2D eigenvalue weighted by Gasteiger charge is -2.29. The summed E-state index contributed by atoms with van der Waals surface area (Å²) in [6, 6.07) is 17.5. The van der Waals surface area contributed by atoms with Gasteiger partial charge in [-0.15, -0.1) is 0 Å². The van der Waals surface area contributed by atoms with E-state index in [1.165, 1.54) is 371 Å². The molecule has 2 rings (SSSR count). The highest BCUT2D eigenvalue weighted by molar-refractivity contribution is 6.15. The minimum Gasteiger partial charge on any atom is -0.371 e. The van der Waals surface area contributed by atoms with Crippen LogP contribution in [0.1, 0.15) is 403 Å². The fraction of sp³-hybridized carbons (Fsp3) is 0.831. The van der Waals surface area contributed by atoms with Gasteiger partial charge in [0.1, 0.15) is 0 Å². The summed E-state index contributed by atoms with van der Waals surface area (Å²) in [4.78, 5) is 20.5. The number of para-hydroxylation sites is 2. The number of ketones is 1. The quantitative estimate of drug-likeness (QED) is 0.0487. The van der Waals surface area contributed by atoms with E-state index in [9.17, 15) is 0 Å². The first kappa shape index (κ1) is 73.8. The zero-order valence-corrected chi connectivity index (χ0v) is 54.8. The van der Waals surface area contributed by atoms with Gasteiger partial charge in [-0.25, -0.2) is 0 Å². The van der Waals surface area contributed by atoms with Gasteiger partial charge in [-0.05, 0) is 49.9 Å². The minimum absolute atomic E-state index is 0.218. The van der Waals surface area contributed by atoms with Gasteiger partial charge in [-0.2, -0.15) is 0 Å². The molecule has 0 spiro atoms. The fourth-order valence-electron chi connectivity index (χ4n) is 12.7. The van der Waals surface area contributed by atoms with Crippen molar-refractivity contribution in [2.24, 2.45) is 0 Å². The van der Waals surface area contributed by atoms with Gasteiger partial charge in [0.2, 0.25) is 0 Å². The molecule has 3 heteroatoms. The predicted octanol–water partition coefficient (Wildman–Crippen LogP) is 26.5. The third-order valence-corrected chi connectivity index (χ3v) is 18.1. The van der Waals surface area contributed by atoms with Gasteiger partial charge >= 0.3 is 0 Å². The Morgan fingerprint density at radius 1 is 0.225 bits per heavy atom. The second-order valence-corrected chi connectivity index (χ2v) is 25.7. The third kappa shape index (κ3) is 42.5. The maximum atomic E-state index is 15.2. The van der Waals surface area contributed by atoms with E-state index in [-0.39, 0.29) is 5.78 Å². The largest absolute Gasteiger partial charge is 0.371 e. The Morgan fingerprint density at radius 2 is 0.375 bits per heavy atom. The third-order valence-electron chi connectivity index (χ3n) is 18.1. The molecule has 2 aromatic rings. The van der Waals surface area contributed by atoms with Crippen LogP contribution in [0.25, 0.3) is 0 Å². The van der Waals surface area contributed by atoms with Crippen molar-refractivity contribution < 1.29 is 4.79 Å². The van der Waals surface area contributed by atoms with E-state index >= 15 is 4.79 Å². The van der Waals surface area contributed by atoms with Crippen LogP contribution in [0.5, 0.6) is 0 Å². The predicted molar refractivity (Wildman–Crippen MR) is 362 cm³/mol. The van der Waals surface area contributed by atoms with E-state index < -0.39 is 0 Å². The van der Waals surface area contributed by atoms with E-state index in [4.69, 9.17) is 0 Å². The highest BCUT2D eigenvalue weighted by atomic mass is 16.1. The van der Waals surface area contributed by atoms with Crippen LogP contribution in [0.2, 0.25) is 0 Å². The number of anilines is 2. The van der Waals surface area contributed by atoms with Crippen LogP contribution in [0.3, 0.4) is 0 Å². The van der Waals surface area contributed by atoms with Crippen LogP contribution >= 0.6 is 0 Å². The molecule has 0 saturated heterocycles. The number of unbranched alkanes of at least 4 members (excludes halogenated alkanes) is 52. The number of rotatable bonds is 64. The first-order chi connectivity index (χ1) is 39.7. The monoisotopic (exact) mass is 1110 g/mol. The second kappa shape index (κ2) is 58.5. The van der Waals surface area contributed by atoms with E-state index in [0.717, 1.165) is 37.3 Å². The number of carbonyl (C=O) groups excluding carboxylic acids is 1. The standard InChI is InChI=1S/C77H140N2O/c1-5-9-13-17-21-25-29-33-37-41-45-49-53-61-69-78(70-62-54-50-46-42-38-34-30-26-22-18-14-10-6-2)75-67-59-57-65-73(75)77(80)74-66-58-60-68-76(74)79(71-63-55-51-47-43-39-35-31-27-23-19-15-11-7-3)72-64-56-52-48-44-40-36-32-28-24-20-16-12-8-4/h57-60,65-68H,5-56,61-64,69-72H2,1-4H3. The van der Waals surface area contributed by atoms with Crippen LogP contribution in [-0.2, 0) is 0 Å². The molecular formula is C77H140N2O. The fourth-order valence-corrected chi connectivity index (χ4v) is 12.7. The summed E-state index contributed by atoms with van der Waals surface area (Å²) in [5, 5.41) is 0. The highest BCUT2D eigenvalue weighted by Crippen LogP contribution is 2.31. The molecule has 0 saturated carbocycles. The van der Waals surface area contributed by atoms with Crippen molar-refractivity contribution in [3.8, 4) is 0 Å². The normalized spacial score (nSPS) is 11.6. The van der Waals surface area contributed by atoms with E-state index in [2.05, 4.69) is 86.0 Å². The smallest absolute Gasteiger partial charge is 0.197 e. The SMILES string of the molecule is CCCCCCCCCCCCCCCCN(CCCCCCCCCCCCCCCC)c1ccccc1C(=O)c1ccccc1N(CCCCCCCCCCCCCCCC)CCCCCCCCCCCCCCCC. The summed E-state index contributed by atoms with van der Waals surface area (Å²) in [6.07, 6.45) is 77.5. The van der Waals surface area contributed by atoms with E-state index in [1.807, 2.05) is 0 Å². The number of benzene rings is 2. The lowest BCUT2D eigenvalue weighted by molar-refractivity contribution is 0.103. The lowest BCUT2D eigenvalue weighted by atomic mass is 9.98. The molecule has 0 N–H and O–H groups in total. The second-order valence-electron chi connectivity index (χ2n) is 25.7. The van der Waals surface area contributed by atoms with Crippen molar-refractivity contribution in [3.05, 3.63) is 59.7 Å². The average Bonchev–Trinajstić information content (AvgIpc) is 3.54. The molecule has 0 atom stereocenters. The number of hydrogen-bond acceptors (Lipinski definition) is 3. The maximum Gasteiger partial charge on any atom is 0.197 e. The number of carbonyl (C=O) groups is 1. The van der Waals surface area contributed by atoms with Crippen LogP contribution in [-0.4, -0.2) is 32.0 Å². The topological polar surface area (TPSA) is 23.6 Å². The van der Waals surface area contributed by atoms with Gasteiger partial charge in [0.25, 0.3) is 0 Å². The summed E-state index contributed by atoms with van der Waals surface area (Å²) in [5.74, 6) is 0.218. The summed E-state index contributed by atoms with van der Waals surface area (Å²) in [7, 11) is 0. The first-order valence-corrected chi connectivity index (χ1v) is 36.9. The van der Waals surface area contributed by atoms with Gasteiger partial charge in [0, 0.05) is 48.7 Å². The Morgan fingerprint density at radius 3 is 0.550 bits per heavy atom. The molecule has 0 fully saturated rings. The summed E-state index contributed by atoms with van der Waals surface area (Å²) in [5.41, 5.74) is 4.15. The molecule has 0 unspecified atom stereocenters. The summed E-state index contributed by atoms with van der Waals surface area (Å²) < 4.78 is 0. The summed E-state index contributed by atoms with van der Waals surface area (Å²) >= 11 is 0. The Bertz CT molecular complexity index is 1390. The van der Waals surface area contributed by atoms with Crippen LogP contribution in [0, 0.1) is 0 Å². The van der Waals surface area contributed by atoms with Crippen molar-refractivity contribution in [1.82, 2.24) is 0 Å². The summed E-state index contributed by atoms with van der Waals surface area (Å²) in [6.45, 7) is 13.5. The Labute approximate surface area is 502 Å². The van der Waals surface area contributed by atoms with Crippen LogP contribution in [0.15, 0.2) is 48.5 Å². The molecule has 0 radical (unpaired) electrons. The molecular weight excluding hydrogens is 969 g/mol. The zero-order chi connectivity index (χ0) is 57.1. The van der Waals surface area contributed by atoms with Gasteiger partial charge in [-0.3, -0.25) is 4.79 Å². The van der Waals surface area contributed by atoms with Gasteiger partial charge in [-0.1, -0.05) is 386 Å². The molecule has 0 aliphatic rings. The lowest BCUT2D eigenvalue weighted by Crippen LogP contribution is -2.29. The molecule has 2 aromatic carbocycles. The molecule has 0 aromatic heterocycles. The number of hydrogen-bond donors (Lipinski definition) is 0. The molecule has 0 aliphatic heterocycles. The molecule has 0 aliphatic carbocycles. The Hall–Kier alpha value is -2.29. The Balaban J connectivity index is 2.08. The average molecular weight is 1110 g/mol. The van der Waals surface area contributed by atoms with E-state index in [0.29, 0.717) is 0 Å². The van der Waals surface area contributed by atoms with Crippen molar-refractivity contribution in [2.45, 2.75) is 387 Å². The maximum absolute atomic E-state index is 15.2. The molecule has 0 heterocycles. The zero-order valence-electron chi connectivity index (χ0n) is 54.8. The molecule has 3 nitrogen and oxygen atoms in total. The van der Waals surface area contributed by atoms with Crippen molar-refractivity contribution in [3.63, 3.8) is 0 Å². The first-order valence-electron chi connectivity index (χ1n) is 36.9. The molecule has 464 valence electrons.